The number of rotatable bonds is 4. The highest BCUT2D eigenvalue weighted by molar-refractivity contribution is 5.98. The normalized spacial score (nSPS) is 11.7. The lowest BCUT2D eigenvalue weighted by molar-refractivity contribution is 0.208. The third-order valence-corrected chi connectivity index (χ3v) is 2.21. The van der Waals surface area contributed by atoms with Gasteiger partial charge in [0.15, 0.2) is 0 Å². The molecule has 94 valence electrons. The topological polar surface area (TPSA) is 59.6 Å². The number of hydrazine groups is 1. The molecular formula is C11H15F2N3O. The summed E-state index contributed by atoms with van der Waals surface area (Å²) in [5, 5.41) is 0. The Morgan fingerprint density at radius 1 is 1.41 bits per heavy atom. The molecule has 0 amide bonds. The van der Waals surface area contributed by atoms with E-state index in [2.05, 4.69) is 10.4 Å². The number of methoxy groups -OCH3 is 1. The molecule has 4 nitrogen and oxygen atoms in total. The van der Waals surface area contributed by atoms with E-state index in [0.29, 0.717) is 18.7 Å². The first-order valence-electron chi connectivity index (χ1n) is 5.06. The van der Waals surface area contributed by atoms with Crippen molar-refractivity contribution in [2.45, 2.75) is 6.92 Å². The summed E-state index contributed by atoms with van der Waals surface area (Å²) in [7, 11) is 1.54. The van der Waals surface area contributed by atoms with Gasteiger partial charge in [0.2, 0.25) is 0 Å². The minimum atomic E-state index is -0.706. The SMILES string of the molecule is COCCN=C(NN)c1cc(C)c(F)cc1F. The summed E-state index contributed by atoms with van der Waals surface area (Å²) in [5.41, 5.74) is 2.77. The van der Waals surface area contributed by atoms with Gasteiger partial charge in [-0.05, 0) is 18.6 Å². The Hall–Kier alpha value is -1.53. The maximum atomic E-state index is 13.5. The van der Waals surface area contributed by atoms with E-state index in [1.165, 1.54) is 13.2 Å². The average Bonchev–Trinajstić information content (AvgIpc) is 2.30. The average molecular weight is 243 g/mol. The number of aryl methyl sites for hydroxylation is 1. The molecular weight excluding hydrogens is 228 g/mol. The summed E-state index contributed by atoms with van der Waals surface area (Å²) in [6.07, 6.45) is 0. The molecule has 1 aromatic carbocycles. The van der Waals surface area contributed by atoms with E-state index in [1.807, 2.05) is 0 Å². The number of nitrogens with zero attached hydrogens (tertiary/aromatic N) is 1. The molecule has 1 rings (SSSR count). The second-order valence-corrected chi connectivity index (χ2v) is 3.45. The summed E-state index contributed by atoms with van der Waals surface area (Å²) in [6, 6.07) is 2.17. The number of nitrogens with one attached hydrogen (secondary N) is 1. The second kappa shape index (κ2) is 6.27. The number of ether oxygens (including phenoxy) is 1. The standard InChI is InChI=1S/C11H15F2N3O/c1-7-5-8(10(13)6-9(7)12)11(16-14)15-3-4-17-2/h5-6H,3-4,14H2,1-2H3,(H,15,16). The van der Waals surface area contributed by atoms with Crippen molar-refractivity contribution in [1.82, 2.24) is 5.43 Å². The molecule has 0 saturated carbocycles. The van der Waals surface area contributed by atoms with Crippen LogP contribution >= 0.6 is 0 Å². The molecule has 1 aromatic rings. The van der Waals surface area contributed by atoms with Crippen molar-refractivity contribution in [3.63, 3.8) is 0 Å². The Bertz CT molecular complexity index is 421. The van der Waals surface area contributed by atoms with Crippen LogP contribution in [0, 0.1) is 18.6 Å². The first-order valence-corrected chi connectivity index (χ1v) is 5.06. The summed E-state index contributed by atoms with van der Waals surface area (Å²) in [6.45, 7) is 2.28. The van der Waals surface area contributed by atoms with Crippen LogP contribution in [0.3, 0.4) is 0 Å². The number of hydrogen-bond donors (Lipinski definition) is 2. The van der Waals surface area contributed by atoms with Crippen molar-refractivity contribution in [3.8, 4) is 0 Å². The first kappa shape index (κ1) is 13.5. The highest BCUT2D eigenvalue weighted by Gasteiger charge is 2.11. The molecule has 0 fully saturated rings. The summed E-state index contributed by atoms with van der Waals surface area (Å²) in [4.78, 5) is 4.03. The van der Waals surface area contributed by atoms with Crippen LogP contribution in [-0.2, 0) is 4.74 Å². The minimum absolute atomic E-state index is 0.141. The monoisotopic (exact) mass is 243 g/mol. The predicted molar refractivity (Wildman–Crippen MR) is 61.7 cm³/mol. The Morgan fingerprint density at radius 3 is 2.71 bits per heavy atom. The largest absolute Gasteiger partial charge is 0.383 e. The number of aliphatic imine (C=N–C) groups is 1. The van der Waals surface area contributed by atoms with Crippen molar-refractivity contribution in [2.75, 3.05) is 20.3 Å². The van der Waals surface area contributed by atoms with Crippen LogP contribution in [0.2, 0.25) is 0 Å². The molecule has 0 aliphatic heterocycles. The van der Waals surface area contributed by atoms with Crippen LogP contribution in [0.15, 0.2) is 17.1 Å². The number of benzene rings is 1. The van der Waals surface area contributed by atoms with Crippen molar-refractivity contribution in [3.05, 3.63) is 34.9 Å². The van der Waals surface area contributed by atoms with Gasteiger partial charge in [0.05, 0.1) is 18.7 Å². The smallest absolute Gasteiger partial charge is 0.145 e. The van der Waals surface area contributed by atoms with Gasteiger partial charge in [-0.1, -0.05) is 0 Å². The molecule has 0 atom stereocenters. The quantitative estimate of drug-likeness (QED) is 0.274. The van der Waals surface area contributed by atoms with Crippen LogP contribution in [0.25, 0.3) is 0 Å². The summed E-state index contributed by atoms with van der Waals surface area (Å²) in [5.74, 6) is 4.13. The first-order chi connectivity index (χ1) is 8.10. The van der Waals surface area contributed by atoms with Crippen molar-refractivity contribution >= 4 is 5.84 Å². The Labute approximate surface area is 98.5 Å². The zero-order chi connectivity index (χ0) is 12.8. The third kappa shape index (κ3) is 3.47. The number of amidine groups is 1. The van der Waals surface area contributed by atoms with E-state index in [-0.39, 0.29) is 11.4 Å². The van der Waals surface area contributed by atoms with Crippen LogP contribution in [-0.4, -0.2) is 26.1 Å². The van der Waals surface area contributed by atoms with Crippen LogP contribution in [0.4, 0.5) is 8.78 Å². The van der Waals surface area contributed by atoms with E-state index in [1.54, 1.807) is 6.92 Å². The van der Waals surface area contributed by atoms with E-state index < -0.39 is 11.6 Å². The molecule has 0 unspecified atom stereocenters. The molecule has 0 aliphatic rings. The Balaban J connectivity index is 3.03. The van der Waals surface area contributed by atoms with Gasteiger partial charge in [-0.25, -0.2) is 14.6 Å². The molecule has 0 aromatic heterocycles. The molecule has 3 N–H and O–H groups in total. The molecule has 0 saturated heterocycles. The lowest BCUT2D eigenvalue weighted by Gasteiger charge is -2.08. The third-order valence-electron chi connectivity index (χ3n) is 2.21. The zero-order valence-electron chi connectivity index (χ0n) is 9.76. The van der Waals surface area contributed by atoms with Crippen LogP contribution in [0.1, 0.15) is 11.1 Å². The minimum Gasteiger partial charge on any atom is -0.383 e. The van der Waals surface area contributed by atoms with Crippen molar-refractivity contribution in [1.29, 1.82) is 0 Å². The molecule has 0 spiro atoms. The zero-order valence-corrected chi connectivity index (χ0v) is 9.76. The molecule has 0 radical (unpaired) electrons. The van der Waals surface area contributed by atoms with Crippen LogP contribution in [0.5, 0.6) is 0 Å². The number of hydrogen-bond acceptors (Lipinski definition) is 3. The second-order valence-electron chi connectivity index (χ2n) is 3.45. The van der Waals surface area contributed by atoms with Gasteiger partial charge in [0.25, 0.3) is 0 Å². The molecule has 0 heterocycles. The fraction of sp³-hybridized carbons (Fsp3) is 0.364. The molecule has 17 heavy (non-hydrogen) atoms. The Morgan fingerprint density at radius 2 is 2.12 bits per heavy atom. The lowest BCUT2D eigenvalue weighted by Crippen LogP contribution is -2.32. The number of nitrogens with two attached hydrogens (primary N) is 1. The fourth-order valence-corrected chi connectivity index (χ4v) is 1.30. The van der Waals surface area contributed by atoms with Gasteiger partial charge in [0.1, 0.15) is 17.5 Å². The van der Waals surface area contributed by atoms with E-state index in [9.17, 15) is 8.78 Å². The summed E-state index contributed by atoms with van der Waals surface area (Å²) < 4.78 is 31.4. The molecule has 0 aliphatic carbocycles. The van der Waals surface area contributed by atoms with Crippen LogP contribution < -0.4 is 11.3 Å². The highest BCUT2D eigenvalue weighted by Crippen LogP contribution is 2.14. The van der Waals surface area contributed by atoms with Gasteiger partial charge in [0, 0.05) is 13.2 Å². The summed E-state index contributed by atoms with van der Waals surface area (Å²) >= 11 is 0. The maximum Gasteiger partial charge on any atom is 0.145 e. The van der Waals surface area contributed by atoms with E-state index in [4.69, 9.17) is 10.6 Å². The van der Waals surface area contributed by atoms with Crippen molar-refractivity contribution in [2.24, 2.45) is 10.8 Å². The molecule has 0 bridgehead atoms. The van der Waals surface area contributed by atoms with Crippen molar-refractivity contribution < 1.29 is 13.5 Å². The highest BCUT2D eigenvalue weighted by atomic mass is 19.1. The van der Waals surface area contributed by atoms with Gasteiger partial charge >= 0.3 is 0 Å². The van der Waals surface area contributed by atoms with Gasteiger partial charge in [-0.15, -0.1) is 0 Å². The van der Waals surface area contributed by atoms with Gasteiger partial charge in [-0.2, -0.15) is 0 Å². The number of halogens is 2. The van der Waals surface area contributed by atoms with Gasteiger partial charge < -0.3 is 10.2 Å². The van der Waals surface area contributed by atoms with E-state index in [0.717, 1.165) is 6.07 Å². The predicted octanol–water partition coefficient (Wildman–Crippen LogP) is 1.13. The Kier molecular flexibility index (Phi) is 4.99. The maximum absolute atomic E-state index is 13.5. The lowest BCUT2D eigenvalue weighted by atomic mass is 10.1. The van der Waals surface area contributed by atoms with E-state index >= 15 is 0 Å². The molecule has 6 heteroatoms. The fourth-order valence-electron chi connectivity index (χ4n) is 1.30. The van der Waals surface area contributed by atoms with Gasteiger partial charge in [-0.3, -0.25) is 4.99 Å².